The first-order chi connectivity index (χ1) is 9.13. The molecule has 0 aliphatic rings. The number of ether oxygens (including phenoxy) is 1. The molecule has 2 N–H and O–H groups in total. The topological polar surface area (TPSA) is 38.5 Å². The predicted molar refractivity (Wildman–Crippen MR) is 82.1 cm³/mol. The average molecular weight is 264 g/mol. The molecule has 1 aromatic carbocycles. The van der Waals surface area contributed by atoms with Gasteiger partial charge in [0.25, 0.3) is 0 Å². The number of benzene rings is 1. The van der Waals surface area contributed by atoms with Gasteiger partial charge in [0.2, 0.25) is 0 Å². The summed E-state index contributed by atoms with van der Waals surface area (Å²) < 4.78 is 5.67. The lowest BCUT2D eigenvalue weighted by molar-refractivity contribution is 0.0834. The molecule has 0 atom stereocenters. The Balaban J connectivity index is 2.42. The quantitative estimate of drug-likeness (QED) is 0.550. The fourth-order valence-electron chi connectivity index (χ4n) is 2.02. The summed E-state index contributed by atoms with van der Waals surface area (Å²) in [5.74, 6) is 0.601. The van der Waals surface area contributed by atoms with Crippen molar-refractivity contribution in [3.05, 3.63) is 29.8 Å². The van der Waals surface area contributed by atoms with Gasteiger partial charge in [-0.1, -0.05) is 39.0 Å². The van der Waals surface area contributed by atoms with Gasteiger partial charge in [-0.15, -0.1) is 0 Å². The van der Waals surface area contributed by atoms with E-state index in [-0.39, 0.29) is 0 Å². The minimum absolute atomic E-state index is 0.601. The summed E-state index contributed by atoms with van der Waals surface area (Å²) in [6, 6.07) is 8.10. The monoisotopic (exact) mass is 264 g/mol. The standard InChI is InChI=1S/C16H28N2O/c1-4-9-18(10-11-19-13-14(2)3)12-15-7-5-6-8-16(15)17/h5-8,14H,4,9-13,17H2,1-3H3. The smallest absolute Gasteiger partial charge is 0.0593 e. The van der Waals surface area contributed by atoms with Gasteiger partial charge in [0.05, 0.1) is 6.61 Å². The molecule has 0 radical (unpaired) electrons. The van der Waals surface area contributed by atoms with Gasteiger partial charge in [-0.3, -0.25) is 4.90 Å². The fraction of sp³-hybridized carbons (Fsp3) is 0.625. The molecule has 0 spiro atoms. The number of anilines is 1. The van der Waals surface area contributed by atoms with E-state index in [0.29, 0.717) is 5.92 Å². The summed E-state index contributed by atoms with van der Waals surface area (Å²) in [5.41, 5.74) is 8.09. The van der Waals surface area contributed by atoms with Gasteiger partial charge in [0.15, 0.2) is 0 Å². The van der Waals surface area contributed by atoms with E-state index >= 15 is 0 Å². The lowest BCUT2D eigenvalue weighted by atomic mass is 10.1. The number of rotatable bonds is 9. The molecule has 0 saturated heterocycles. The minimum Gasteiger partial charge on any atom is -0.398 e. The van der Waals surface area contributed by atoms with Crippen LogP contribution >= 0.6 is 0 Å². The fourth-order valence-corrected chi connectivity index (χ4v) is 2.02. The Morgan fingerprint density at radius 2 is 1.95 bits per heavy atom. The first-order valence-electron chi connectivity index (χ1n) is 7.27. The third-order valence-corrected chi connectivity index (χ3v) is 2.99. The van der Waals surface area contributed by atoms with E-state index in [0.717, 1.165) is 45.0 Å². The largest absolute Gasteiger partial charge is 0.398 e. The molecule has 0 aliphatic heterocycles. The van der Waals surface area contributed by atoms with E-state index in [1.165, 1.54) is 5.56 Å². The maximum atomic E-state index is 6.00. The Labute approximate surface area is 117 Å². The van der Waals surface area contributed by atoms with Gasteiger partial charge >= 0.3 is 0 Å². The van der Waals surface area contributed by atoms with Crippen molar-refractivity contribution in [1.82, 2.24) is 4.90 Å². The number of hydrogen-bond acceptors (Lipinski definition) is 3. The van der Waals surface area contributed by atoms with Crippen molar-refractivity contribution in [1.29, 1.82) is 0 Å². The Morgan fingerprint density at radius 1 is 1.21 bits per heavy atom. The molecule has 0 aromatic heterocycles. The molecular formula is C16H28N2O. The Kier molecular flexibility index (Phi) is 7.53. The third kappa shape index (κ3) is 6.60. The maximum Gasteiger partial charge on any atom is 0.0593 e. The highest BCUT2D eigenvalue weighted by Gasteiger charge is 2.07. The van der Waals surface area contributed by atoms with Crippen LogP contribution in [0.4, 0.5) is 5.69 Å². The number of nitrogens with zero attached hydrogens (tertiary/aromatic N) is 1. The molecule has 0 bridgehead atoms. The van der Waals surface area contributed by atoms with Gasteiger partial charge in [-0.2, -0.15) is 0 Å². The summed E-state index contributed by atoms with van der Waals surface area (Å²) in [6.07, 6.45) is 1.15. The number of para-hydroxylation sites is 1. The molecule has 19 heavy (non-hydrogen) atoms. The van der Waals surface area contributed by atoms with E-state index in [1.54, 1.807) is 0 Å². The van der Waals surface area contributed by atoms with Crippen LogP contribution in [-0.4, -0.2) is 31.2 Å². The number of hydrogen-bond donors (Lipinski definition) is 1. The number of nitrogens with two attached hydrogens (primary N) is 1. The van der Waals surface area contributed by atoms with Crippen LogP contribution in [0.1, 0.15) is 32.8 Å². The second-order valence-electron chi connectivity index (χ2n) is 5.44. The van der Waals surface area contributed by atoms with E-state index < -0.39 is 0 Å². The summed E-state index contributed by atoms with van der Waals surface area (Å²) >= 11 is 0. The summed E-state index contributed by atoms with van der Waals surface area (Å²) in [4.78, 5) is 2.41. The summed E-state index contributed by atoms with van der Waals surface area (Å²) in [7, 11) is 0. The molecular weight excluding hydrogens is 236 g/mol. The third-order valence-electron chi connectivity index (χ3n) is 2.99. The van der Waals surface area contributed by atoms with Gasteiger partial charge in [0.1, 0.15) is 0 Å². The van der Waals surface area contributed by atoms with Crippen molar-refractivity contribution >= 4 is 5.69 Å². The van der Waals surface area contributed by atoms with Crippen molar-refractivity contribution in [2.75, 3.05) is 32.0 Å². The molecule has 0 saturated carbocycles. The predicted octanol–water partition coefficient (Wildman–Crippen LogP) is 3.15. The number of nitrogen functional groups attached to an aromatic ring is 1. The lowest BCUT2D eigenvalue weighted by Gasteiger charge is -2.22. The van der Waals surface area contributed by atoms with Gasteiger partial charge < -0.3 is 10.5 Å². The SMILES string of the molecule is CCCN(CCOCC(C)C)Cc1ccccc1N. The van der Waals surface area contributed by atoms with E-state index in [9.17, 15) is 0 Å². The second-order valence-corrected chi connectivity index (χ2v) is 5.44. The van der Waals surface area contributed by atoms with Crippen LogP contribution in [0.3, 0.4) is 0 Å². The van der Waals surface area contributed by atoms with Crippen molar-refractivity contribution < 1.29 is 4.74 Å². The average Bonchev–Trinajstić information content (AvgIpc) is 2.37. The highest BCUT2D eigenvalue weighted by atomic mass is 16.5. The van der Waals surface area contributed by atoms with Crippen LogP contribution in [0.25, 0.3) is 0 Å². The minimum atomic E-state index is 0.601. The van der Waals surface area contributed by atoms with Crippen LogP contribution in [0.15, 0.2) is 24.3 Å². The molecule has 1 rings (SSSR count). The van der Waals surface area contributed by atoms with Crippen LogP contribution in [0, 0.1) is 5.92 Å². The zero-order valence-corrected chi connectivity index (χ0v) is 12.6. The summed E-state index contributed by atoms with van der Waals surface area (Å²) in [6.45, 7) is 11.2. The Hall–Kier alpha value is -1.06. The van der Waals surface area contributed by atoms with Crippen molar-refractivity contribution in [3.8, 4) is 0 Å². The highest BCUT2D eigenvalue weighted by Crippen LogP contribution is 2.13. The molecule has 0 amide bonds. The van der Waals surface area contributed by atoms with Gasteiger partial charge in [0, 0.05) is 25.4 Å². The molecule has 108 valence electrons. The van der Waals surface area contributed by atoms with Crippen LogP contribution in [0.2, 0.25) is 0 Å². The first-order valence-corrected chi connectivity index (χ1v) is 7.27. The Bertz CT molecular complexity index is 352. The Morgan fingerprint density at radius 3 is 2.58 bits per heavy atom. The zero-order valence-electron chi connectivity index (χ0n) is 12.6. The van der Waals surface area contributed by atoms with Crippen molar-refractivity contribution in [2.45, 2.75) is 33.7 Å². The van der Waals surface area contributed by atoms with Gasteiger partial charge in [-0.05, 0) is 30.5 Å². The van der Waals surface area contributed by atoms with E-state index in [4.69, 9.17) is 10.5 Å². The first kappa shape index (κ1) is 16.0. The molecule has 0 unspecified atom stereocenters. The molecule has 1 aromatic rings. The van der Waals surface area contributed by atoms with E-state index in [2.05, 4.69) is 31.7 Å². The van der Waals surface area contributed by atoms with Gasteiger partial charge in [-0.25, -0.2) is 0 Å². The molecule has 0 fully saturated rings. The molecule has 0 aliphatic carbocycles. The van der Waals surface area contributed by atoms with E-state index in [1.807, 2.05) is 18.2 Å². The maximum absolute atomic E-state index is 6.00. The normalized spacial score (nSPS) is 11.4. The van der Waals surface area contributed by atoms with Crippen LogP contribution in [-0.2, 0) is 11.3 Å². The molecule has 0 heterocycles. The van der Waals surface area contributed by atoms with Crippen molar-refractivity contribution in [2.24, 2.45) is 5.92 Å². The van der Waals surface area contributed by atoms with Crippen LogP contribution in [0.5, 0.6) is 0 Å². The van der Waals surface area contributed by atoms with Crippen LogP contribution < -0.4 is 5.73 Å². The second kappa shape index (κ2) is 8.94. The van der Waals surface area contributed by atoms with Crippen molar-refractivity contribution in [3.63, 3.8) is 0 Å². The molecule has 3 nitrogen and oxygen atoms in total. The highest BCUT2D eigenvalue weighted by molar-refractivity contribution is 5.46. The zero-order chi connectivity index (χ0) is 14.1. The lowest BCUT2D eigenvalue weighted by Crippen LogP contribution is -2.28. The summed E-state index contributed by atoms with van der Waals surface area (Å²) in [5, 5.41) is 0. The molecule has 3 heteroatoms.